The molecule has 0 fully saturated rings. The van der Waals surface area contributed by atoms with E-state index in [1.807, 2.05) is 0 Å². The van der Waals surface area contributed by atoms with Gasteiger partial charge in [0.25, 0.3) is 10.0 Å². The van der Waals surface area contributed by atoms with E-state index in [-0.39, 0.29) is 8.68 Å². The normalized spacial score (nSPS) is 13.2. The summed E-state index contributed by atoms with van der Waals surface area (Å²) in [6.07, 6.45) is 0.421. The van der Waals surface area contributed by atoms with Crippen LogP contribution in [0.25, 0.3) is 0 Å². The van der Waals surface area contributed by atoms with Crippen LogP contribution in [0.2, 0.25) is 4.47 Å². The minimum absolute atomic E-state index is 0.0258. The summed E-state index contributed by atoms with van der Waals surface area (Å²) < 4.78 is 26.8. The molecule has 0 bridgehead atoms. The SMILES string of the molecule is CC(O)c1ccccc1NS(=O)(=O)c1cnc(Cl)s1. The molecule has 0 spiro atoms. The number of anilines is 1. The maximum Gasteiger partial charge on any atom is 0.273 e. The van der Waals surface area contributed by atoms with Crippen LogP contribution in [-0.4, -0.2) is 18.5 Å². The number of aliphatic hydroxyl groups excluding tert-OH is 1. The van der Waals surface area contributed by atoms with Crippen molar-refractivity contribution in [2.75, 3.05) is 4.72 Å². The standard InChI is InChI=1S/C11H11ClN2O3S2/c1-7(15)8-4-2-3-5-9(8)14-19(16,17)10-6-13-11(12)18-10/h2-7,14-15H,1H3. The summed E-state index contributed by atoms with van der Waals surface area (Å²) >= 11 is 6.50. The van der Waals surface area contributed by atoms with E-state index < -0.39 is 16.1 Å². The second-order valence-electron chi connectivity index (χ2n) is 3.80. The Morgan fingerprint density at radius 1 is 1.42 bits per heavy atom. The molecule has 1 aromatic carbocycles. The molecular weight excluding hydrogens is 308 g/mol. The first-order chi connectivity index (χ1) is 8.90. The average Bonchev–Trinajstić information content (AvgIpc) is 2.76. The molecule has 8 heteroatoms. The smallest absolute Gasteiger partial charge is 0.273 e. The van der Waals surface area contributed by atoms with Crippen LogP contribution in [0, 0.1) is 0 Å². The van der Waals surface area contributed by atoms with Gasteiger partial charge in [0.15, 0.2) is 8.68 Å². The van der Waals surface area contributed by atoms with Crippen LogP contribution in [0.1, 0.15) is 18.6 Å². The fourth-order valence-electron chi connectivity index (χ4n) is 1.51. The number of nitrogens with one attached hydrogen (secondary N) is 1. The van der Waals surface area contributed by atoms with E-state index in [4.69, 9.17) is 11.6 Å². The largest absolute Gasteiger partial charge is 0.389 e. The third-order valence-corrected chi connectivity index (χ3v) is 5.32. The number of halogens is 1. The molecule has 0 saturated heterocycles. The molecule has 0 aliphatic heterocycles. The molecule has 19 heavy (non-hydrogen) atoms. The van der Waals surface area contributed by atoms with Gasteiger partial charge in [-0.15, -0.1) is 0 Å². The van der Waals surface area contributed by atoms with E-state index in [0.29, 0.717) is 11.3 Å². The van der Waals surface area contributed by atoms with Gasteiger partial charge in [-0.2, -0.15) is 0 Å². The zero-order valence-corrected chi connectivity index (χ0v) is 12.3. The van der Waals surface area contributed by atoms with Crippen LogP contribution in [0.15, 0.2) is 34.7 Å². The van der Waals surface area contributed by atoms with Gasteiger partial charge in [0.05, 0.1) is 18.0 Å². The molecule has 5 nitrogen and oxygen atoms in total. The van der Waals surface area contributed by atoms with Crippen LogP contribution in [0.4, 0.5) is 5.69 Å². The molecule has 0 aliphatic carbocycles. The van der Waals surface area contributed by atoms with E-state index in [2.05, 4.69) is 9.71 Å². The number of para-hydroxylation sites is 1. The van der Waals surface area contributed by atoms with Crippen molar-refractivity contribution in [3.8, 4) is 0 Å². The highest BCUT2D eigenvalue weighted by molar-refractivity contribution is 7.94. The van der Waals surface area contributed by atoms with Crippen LogP contribution in [0.5, 0.6) is 0 Å². The third-order valence-electron chi connectivity index (χ3n) is 2.38. The van der Waals surface area contributed by atoms with Gasteiger partial charge in [-0.05, 0) is 13.0 Å². The maximum atomic E-state index is 12.1. The van der Waals surface area contributed by atoms with Gasteiger partial charge in [0.2, 0.25) is 0 Å². The summed E-state index contributed by atoms with van der Waals surface area (Å²) in [6.45, 7) is 1.57. The molecule has 0 aliphatic rings. The number of aromatic nitrogens is 1. The molecule has 1 unspecified atom stereocenters. The van der Waals surface area contributed by atoms with E-state index in [1.165, 1.54) is 6.20 Å². The highest BCUT2D eigenvalue weighted by Gasteiger charge is 2.19. The van der Waals surface area contributed by atoms with Crippen LogP contribution < -0.4 is 4.72 Å². The average molecular weight is 319 g/mol. The summed E-state index contributed by atoms with van der Waals surface area (Å²) in [5.74, 6) is 0. The van der Waals surface area contributed by atoms with Gasteiger partial charge >= 0.3 is 0 Å². The van der Waals surface area contributed by atoms with Gasteiger partial charge < -0.3 is 5.11 Å². The van der Waals surface area contributed by atoms with Gasteiger partial charge in [-0.1, -0.05) is 41.1 Å². The highest BCUT2D eigenvalue weighted by atomic mass is 35.5. The lowest BCUT2D eigenvalue weighted by Crippen LogP contribution is -2.13. The van der Waals surface area contributed by atoms with Crippen molar-refractivity contribution < 1.29 is 13.5 Å². The van der Waals surface area contributed by atoms with Crippen LogP contribution >= 0.6 is 22.9 Å². The monoisotopic (exact) mass is 318 g/mol. The number of thiazole rings is 1. The van der Waals surface area contributed by atoms with Crippen molar-refractivity contribution in [2.45, 2.75) is 17.2 Å². The molecule has 0 saturated carbocycles. The van der Waals surface area contributed by atoms with Crippen molar-refractivity contribution in [2.24, 2.45) is 0 Å². The molecule has 1 atom stereocenters. The first-order valence-corrected chi connectivity index (χ1v) is 7.99. The molecular formula is C11H11ClN2O3S2. The Morgan fingerprint density at radius 3 is 2.68 bits per heavy atom. The summed E-state index contributed by atoms with van der Waals surface area (Å²) in [4.78, 5) is 3.70. The molecule has 2 aromatic rings. The van der Waals surface area contributed by atoms with Crippen molar-refractivity contribution in [1.82, 2.24) is 4.98 Å². The molecule has 0 radical (unpaired) electrons. The first-order valence-electron chi connectivity index (χ1n) is 5.31. The minimum atomic E-state index is -3.74. The molecule has 1 aromatic heterocycles. The number of aliphatic hydroxyl groups is 1. The predicted molar refractivity (Wildman–Crippen MR) is 75.0 cm³/mol. The fraction of sp³-hybridized carbons (Fsp3) is 0.182. The molecule has 1 heterocycles. The molecule has 0 amide bonds. The van der Waals surface area contributed by atoms with E-state index in [1.54, 1.807) is 31.2 Å². The number of benzene rings is 1. The van der Waals surface area contributed by atoms with Crippen LogP contribution in [-0.2, 0) is 10.0 Å². The Morgan fingerprint density at radius 2 is 2.11 bits per heavy atom. The van der Waals surface area contributed by atoms with Crippen molar-refractivity contribution in [3.05, 3.63) is 40.5 Å². The minimum Gasteiger partial charge on any atom is -0.389 e. The predicted octanol–water partition coefficient (Wildman–Crippen LogP) is 2.65. The van der Waals surface area contributed by atoms with E-state index in [0.717, 1.165) is 11.3 Å². The lowest BCUT2D eigenvalue weighted by Gasteiger charge is -2.13. The number of hydrogen-bond donors (Lipinski definition) is 2. The summed E-state index contributed by atoms with van der Waals surface area (Å²) in [5, 5.41) is 9.61. The summed E-state index contributed by atoms with van der Waals surface area (Å²) in [7, 11) is -3.74. The highest BCUT2D eigenvalue weighted by Crippen LogP contribution is 2.28. The Balaban J connectivity index is 2.36. The van der Waals surface area contributed by atoms with Gasteiger partial charge in [-0.3, -0.25) is 4.72 Å². The molecule has 2 N–H and O–H groups in total. The first kappa shape index (κ1) is 14.3. The number of rotatable bonds is 4. The topological polar surface area (TPSA) is 79.3 Å². The second kappa shape index (κ2) is 5.46. The lowest BCUT2D eigenvalue weighted by atomic mass is 10.1. The summed E-state index contributed by atoms with van der Waals surface area (Å²) in [5.41, 5.74) is 0.837. The summed E-state index contributed by atoms with van der Waals surface area (Å²) in [6, 6.07) is 6.65. The Kier molecular flexibility index (Phi) is 4.10. The molecule has 102 valence electrons. The van der Waals surface area contributed by atoms with E-state index >= 15 is 0 Å². The van der Waals surface area contributed by atoms with Crippen LogP contribution in [0.3, 0.4) is 0 Å². The quantitative estimate of drug-likeness (QED) is 0.908. The maximum absolute atomic E-state index is 12.1. The Hall–Kier alpha value is -1.15. The third kappa shape index (κ3) is 3.24. The van der Waals surface area contributed by atoms with Gasteiger partial charge in [0, 0.05) is 5.56 Å². The number of sulfonamides is 1. The fourth-order valence-corrected chi connectivity index (χ4v) is 3.89. The molecule has 2 rings (SSSR count). The zero-order chi connectivity index (χ0) is 14.0. The van der Waals surface area contributed by atoms with Crippen molar-refractivity contribution >= 4 is 38.6 Å². The lowest BCUT2D eigenvalue weighted by molar-refractivity contribution is 0.200. The Bertz CT molecular complexity index is 683. The van der Waals surface area contributed by atoms with E-state index in [9.17, 15) is 13.5 Å². The van der Waals surface area contributed by atoms with Gasteiger partial charge in [-0.25, -0.2) is 13.4 Å². The Labute approximate surface area is 119 Å². The van der Waals surface area contributed by atoms with Gasteiger partial charge in [0.1, 0.15) is 0 Å². The number of nitrogens with zero attached hydrogens (tertiary/aromatic N) is 1. The number of hydrogen-bond acceptors (Lipinski definition) is 5. The van der Waals surface area contributed by atoms with Crippen molar-refractivity contribution in [3.63, 3.8) is 0 Å². The second-order valence-corrected chi connectivity index (χ2v) is 7.32. The van der Waals surface area contributed by atoms with Crippen molar-refractivity contribution in [1.29, 1.82) is 0 Å². The zero-order valence-electron chi connectivity index (χ0n) is 9.87.